The topological polar surface area (TPSA) is 22.0 Å². The van der Waals surface area contributed by atoms with Gasteiger partial charge in [0.2, 0.25) is 5.95 Å². The van der Waals surface area contributed by atoms with Crippen molar-refractivity contribution in [1.29, 1.82) is 0 Å². The lowest BCUT2D eigenvalue weighted by atomic mass is 9.97. The van der Waals surface area contributed by atoms with E-state index in [2.05, 4.69) is 0 Å². The molecule has 1 aromatic heterocycles. The van der Waals surface area contributed by atoms with Gasteiger partial charge in [0.1, 0.15) is 5.82 Å². The zero-order valence-corrected chi connectivity index (χ0v) is 13.2. The van der Waals surface area contributed by atoms with E-state index >= 15 is 4.39 Å². The molecule has 118 valence electrons. The second kappa shape index (κ2) is 5.61. The third-order valence-corrected chi connectivity index (χ3v) is 4.13. The van der Waals surface area contributed by atoms with Crippen LogP contribution in [0.3, 0.4) is 0 Å². The zero-order valence-electron chi connectivity index (χ0n) is 13.2. The van der Waals surface area contributed by atoms with E-state index in [4.69, 9.17) is 0 Å². The Hall–Kier alpha value is -2.49. The third-order valence-electron chi connectivity index (χ3n) is 4.13. The van der Waals surface area contributed by atoms with Crippen molar-refractivity contribution in [1.82, 2.24) is 4.57 Å². The summed E-state index contributed by atoms with van der Waals surface area (Å²) in [5.74, 6) is -1.20. The van der Waals surface area contributed by atoms with Crippen molar-refractivity contribution >= 4 is 10.8 Å². The second-order valence-electron chi connectivity index (χ2n) is 5.93. The molecule has 0 amide bonds. The molecule has 0 aliphatic carbocycles. The Morgan fingerprint density at radius 2 is 1.61 bits per heavy atom. The molecule has 0 N–H and O–H groups in total. The largest absolute Gasteiger partial charge is 0.268 e. The van der Waals surface area contributed by atoms with Gasteiger partial charge in [0, 0.05) is 16.5 Å². The molecule has 0 aliphatic rings. The highest BCUT2D eigenvalue weighted by atomic mass is 19.1. The number of halogens is 2. The average molecular weight is 313 g/mol. The molecule has 1 heterocycles. The maximum atomic E-state index is 15.2. The zero-order chi connectivity index (χ0) is 16.7. The molecule has 0 radical (unpaired) electrons. The van der Waals surface area contributed by atoms with Crippen molar-refractivity contribution in [2.24, 2.45) is 0 Å². The van der Waals surface area contributed by atoms with Crippen LogP contribution in [0, 0.1) is 18.7 Å². The van der Waals surface area contributed by atoms with E-state index < -0.39 is 17.3 Å². The van der Waals surface area contributed by atoms with Gasteiger partial charge in [0.05, 0.1) is 5.69 Å². The van der Waals surface area contributed by atoms with Gasteiger partial charge >= 0.3 is 0 Å². The molecule has 4 heteroatoms. The summed E-state index contributed by atoms with van der Waals surface area (Å²) < 4.78 is 30.0. The Bertz CT molecular complexity index is 957. The van der Waals surface area contributed by atoms with Crippen LogP contribution in [-0.4, -0.2) is 4.57 Å². The molecule has 0 fully saturated rings. The van der Waals surface area contributed by atoms with E-state index in [1.54, 1.807) is 37.3 Å². The van der Waals surface area contributed by atoms with E-state index in [-0.39, 0.29) is 17.2 Å². The first-order valence-electron chi connectivity index (χ1n) is 7.52. The van der Waals surface area contributed by atoms with Gasteiger partial charge in [0.25, 0.3) is 5.56 Å². The predicted molar refractivity (Wildman–Crippen MR) is 88.3 cm³/mol. The first-order valence-corrected chi connectivity index (χ1v) is 7.52. The summed E-state index contributed by atoms with van der Waals surface area (Å²) in [5.41, 5.74) is 0.471. The average Bonchev–Trinajstić information content (AvgIpc) is 2.51. The fourth-order valence-electron chi connectivity index (χ4n) is 2.95. The molecule has 0 saturated heterocycles. The van der Waals surface area contributed by atoms with Crippen molar-refractivity contribution in [3.05, 3.63) is 75.7 Å². The van der Waals surface area contributed by atoms with Crippen LogP contribution in [0.25, 0.3) is 16.5 Å². The van der Waals surface area contributed by atoms with Crippen LogP contribution >= 0.6 is 0 Å². The minimum atomic E-state index is -0.627. The van der Waals surface area contributed by atoms with Crippen LogP contribution in [-0.2, 0) is 0 Å². The maximum absolute atomic E-state index is 15.2. The molecule has 3 aromatic rings. The van der Waals surface area contributed by atoms with E-state index in [1.807, 2.05) is 13.8 Å². The number of hydrogen-bond acceptors (Lipinski definition) is 1. The Kier molecular flexibility index (Phi) is 3.76. The molecule has 0 unspecified atom stereocenters. The van der Waals surface area contributed by atoms with Crippen molar-refractivity contribution in [2.45, 2.75) is 26.7 Å². The van der Waals surface area contributed by atoms with Crippen molar-refractivity contribution in [3.63, 3.8) is 0 Å². The molecule has 0 aliphatic heterocycles. The van der Waals surface area contributed by atoms with E-state index in [0.29, 0.717) is 16.3 Å². The van der Waals surface area contributed by atoms with Crippen LogP contribution in [0.5, 0.6) is 0 Å². The van der Waals surface area contributed by atoms with Gasteiger partial charge in [0.15, 0.2) is 0 Å². The lowest BCUT2D eigenvalue weighted by Gasteiger charge is -2.18. The predicted octanol–water partition coefficient (Wildman–Crippen LogP) is 4.70. The van der Waals surface area contributed by atoms with Crippen LogP contribution in [0.1, 0.15) is 30.9 Å². The molecule has 2 nitrogen and oxygen atoms in total. The fraction of sp³-hybridized carbons (Fsp3) is 0.211. The molecule has 0 atom stereocenters. The molecule has 3 rings (SSSR count). The highest BCUT2D eigenvalue weighted by Crippen LogP contribution is 2.28. The second-order valence-corrected chi connectivity index (χ2v) is 5.93. The maximum Gasteiger partial charge on any atom is 0.265 e. The highest BCUT2D eigenvalue weighted by molar-refractivity contribution is 5.85. The van der Waals surface area contributed by atoms with Crippen LogP contribution < -0.4 is 5.56 Å². The lowest BCUT2D eigenvalue weighted by molar-refractivity contribution is 0.522. The van der Waals surface area contributed by atoms with Crippen LogP contribution in [0.4, 0.5) is 8.78 Å². The molecule has 23 heavy (non-hydrogen) atoms. The van der Waals surface area contributed by atoms with Gasteiger partial charge in [-0.1, -0.05) is 38.1 Å². The Morgan fingerprint density at radius 3 is 2.26 bits per heavy atom. The van der Waals surface area contributed by atoms with E-state index in [0.717, 1.165) is 4.57 Å². The van der Waals surface area contributed by atoms with E-state index in [9.17, 15) is 9.18 Å². The molecular formula is C19H17F2NO. The minimum Gasteiger partial charge on any atom is -0.268 e. The molecule has 0 saturated carbocycles. The highest BCUT2D eigenvalue weighted by Gasteiger charge is 2.21. The van der Waals surface area contributed by atoms with Crippen molar-refractivity contribution in [2.75, 3.05) is 0 Å². The van der Waals surface area contributed by atoms with Crippen molar-refractivity contribution < 1.29 is 8.78 Å². The summed E-state index contributed by atoms with van der Waals surface area (Å²) in [6, 6.07) is 11.3. The number of pyridine rings is 1. The quantitative estimate of drug-likeness (QED) is 0.629. The monoisotopic (exact) mass is 313 g/mol. The molecule has 0 spiro atoms. The first kappa shape index (κ1) is 15.4. The SMILES string of the molecule is Cc1c(F)cccc1-n1c(F)c(C(C)C)c2ccccc2c1=O. The van der Waals surface area contributed by atoms with Gasteiger partial charge in [-0.2, -0.15) is 4.39 Å². The third kappa shape index (κ3) is 2.34. The number of rotatable bonds is 2. The van der Waals surface area contributed by atoms with Gasteiger partial charge in [-0.15, -0.1) is 0 Å². The number of fused-ring (bicyclic) bond motifs is 1. The Balaban J connectivity index is 2.52. The van der Waals surface area contributed by atoms with Crippen molar-refractivity contribution in [3.8, 4) is 5.69 Å². The summed E-state index contributed by atoms with van der Waals surface area (Å²) >= 11 is 0. The summed E-state index contributed by atoms with van der Waals surface area (Å²) in [6.45, 7) is 5.29. The first-order chi connectivity index (χ1) is 10.9. The summed E-state index contributed by atoms with van der Waals surface area (Å²) in [7, 11) is 0. The number of nitrogens with zero attached hydrogens (tertiary/aromatic N) is 1. The smallest absolute Gasteiger partial charge is 0.265 e. The fourth-order valence-corrected chi connectivity index (χ4v) is 2.95. The number of benzene rings is 2. The van der Waals surface area contributed by atoms with Gasteiger partial charge in [-0.25, -0.2) is 4.39 Å². The Morgan fingerprint density at radius 1 is 0.957 bits per heavy atom. The van der Waals surface area contributed by atoms with E-state index in [1.165, 1.54) is 12.1 Å². The molecule has 2 aromatic carbocycles. The van der Waals surface area contributed by atoms with Crippen LogP contribution in [0.2, 0.25) is 0 Å². The summed E-state index contributed by atoms with van der Waals surface area (Å²) in [6.07, 6.45) is 0. The minimum absolute atomic E-state index is 0.111. The van der Waals surface area contributed by atoms with Gasteiger partial charge in [-0.05, 0) is 36.4 Å². The lowest BCUT2D eigenvalue weighted by Crippen LogP contribution is -2.25. The molecule has 0 bridgehead atoms. The molecular weight excluding hydrogens is 296 g/mol. The normalized spacial score (nSPS) is 11.4. The van der Waals surface area contributed by atoms with Crippen LogP contribution in [0.15, 0.2) is 47.3 Å². The summed E-state index contributed by atoms with van der Waals surface area (Å²) in [5, 5.41) is 1.04. The van der Waals surface area contributed by atoms with Gasteiger partial charge < -0.3 is 0 Å². The Labute approximate surface area is 133 Å². The number of aromatic nitrogens is 1. The standard InChI is InChI=1S/C19H17F2NO/c1-11(2)17-13-7-4-5-8-14(13)19(23)22(18(17)21)16-10-6-9-15(20)12(16)3/h4-11H,1-3H3. The van der Waals surface area contributed by atoms with Gasteiger partial charge in [-0.3, -0.25) is 9.36 Å². The number of hydrogen-bond donors (Lipinski definition) is 0. The summed E-state index contributed by atoms with van der Waals surface area (Å²) in [4.78, 5) is 12.8.